The Morgan fingerprint density at radius 2 is 2.15 bits per heavy atom. The molecule has 2 rings (SSSR count). The number of amides is 2. The van der Waals surface area contributed by atoms with E-state index in [1.165, 1.54) is 6.20 Å². The molecule has 0 bridgehead atoms. The van der Waals surface area contributed by atoms with Crippen LogP contribution in [0.25, 0.3) is 10.8 Å². The predicted molar refractivity (Wildman–Crippen MR) is 71.9 cm³/mol. The predicted octanol–water partition coefficient (Wildman–Crippen LogP) is -0.243. The molecule has 1 aromatic carbocycles. The van der Waals surface area contributed by atoms with Crippen molar-refractivity contribution >= 4 is 51.5 Å². The Hall–Kier alpha value is -1.91. The van der Waals surface area contributed by atoms with Crippen molar-refractivity contribution in [1.29, 1.82) is 0 Å². The molecule has 0 saturated carbocycles. The molecule has 7 nitrogen and oxygen atoms in total. The van der Waals surface area contributed by atoms with Gasteiger partial charge in [-0.3, -0.25) is 0 Å². The van der Waals surface area contributed by atoms with Crippen molar-refractivity contribution in [3.63, 3.8) is 0 Å². The van der Waals surface area contributed by atoms with Gasteiger partial charge in [0.25, 0.3) is 0 Å². The number of fused-ring (bicyclic) bond motifs is 1. The number of nitrogens with one attached hydrogen (secondary N) is 1. The minimum absolute atomic E-state index is 0.197. The van der Waals surface area contributed by atoms with Crippen LogP contribution >= 0.6 is 0 Å². The van der Waals surface area contributed by atoms with Crippen LogP contribution in [0, 0.1) is 4.91 Å². The van der Waals surface area contributed by atoms with E-state index in [1.807, 2.05) is 12.1 Å². The zero-order chi connectivity index (χ0) is 14.7. The van der Waals surface area contributed by atoms with Crippen molar-refractivity contribution < 1.29 is 14.7 Å². The first-order valence-electron chi connectivity index (χ1n) is 5.50. The van der Waals surface area contributed by atoms with E-state index >= 15 is 0 Å². The van der Waals surface area contributed by atoms with Crippen molar-refractivity contribution in [3.05, 3.63) is 35.0 Å². The van der Waals surface area contributed by atoms with Crippen LogP contribution in [0.1, 0.15) is 10.5 Å². The maximum atomic E-state index is 11.8. The van der Waals surface area contributed by atoms with Crippen LogP contribution in [0.5, 0.6) is 5.75 Å². The zero-order valence-electron chi connectivity index (χ0n) is 10.1. The Morgan fingerprint density at radius 3 is 2.85 bits per heavy atom. The molecular weight excluding hydrogens is 457 g/mol. The van der Waals surface area contributed by atoms with Crippen LogP contribution in [0.3, 0.4) is 0 Å². The number of pyridine rings is 1. The molecule has 8 heteroatoms. The molecule has 0 saturated heterocycles. The Labute approximate surface area is 129 Å². The third kappa shape index (κ3) is 2.98. The van der Waals surface area contributed by atoms with E-state index in [9.17, 15) is 19.6 Å². The van der Waals surface area contributed by atoms with Gasteiger partial charge >= 0.3 is 129 Å². The van der Waals surface area contributed by atoms with Crippen LogP contribution < -0.4 is 8.44 Å². The molecule has 3 radical (unpaired) electrons. The van der Waals surface area contributed by atoms with E-state index in [2.05, 4.69) is 15.5 Å². The number of benzene rings is 1. The summed E-state index contributed by atoms with van der Waals surface area (Å²) in [7, 11) is 0. The van der Waals surface area contributed by atoms with Gasteiger partial charge in [0, 0.05) is 0 Å². The summed E-state index contributed by atoms with van der Waals surface area (Å²) in [6, 6.07) is 5.45. The Bertz CT molecular complexity index is 717. The third-order valence-electron chi connectivity index (χ3n) is 2.58. The second kappa shape index (κ2) is 6.03. The number of rotatable bonds is 3. The second-order valence-corrected chi connectivity index (χ2v) is 6.17. The summed E-state index contributed by atoms with van der Waals surface area (Å²) in [6.07, 6.45) is 1.48. The molecule has 1 heterocycles. The number of hydrogen-bond donors (Lipinski definition) is 2. The molecule has 0 aliphatic rings. The van der Waals surface area contributed by atoms with Crippen molar-refractivity contribution in [1.82, 2.24) is 10.3 Å². The van der Waals surface area contributed by atoms with E-state index in [-0.39, 0.29) is 11.4 Å². The quantitative estimate of drug-likeness (QED) is 0.481. The normalized spacial score (nSPS) is 10.2. The molecule has 0 spiro atoms. The second-order valence-electron chi connectivity index (χ2n) is 3.93. The fraction of sp³-hybridized carbons (Fsp3) is 0.0833. The summed E-state index contributed by atoms with van der Waals surface area (Å²) >= 11 is 0.869. The molecule has 99 valence electrons. The summed E-state index contributed by atoms with van der Waals surface area (Å²) in [5.74, 6) is -2.00. The number of aromatic hydroxyl groups is 1. The first-order chi connectivity index (χ1) is 9.52. The molecular formula is C12H8N3O4Pb. The molecule has 0 fully saturated rings. The summed E-state index contributed by atoms with van der Waals surface area (Å²) in [4.78, 5) is 36.3. The van der Waals surface area contributed by atoms with Crippen molar-refractivity contribution in [2.75, 3.05) is 6.54 Å². The minimum atomic E-state index is -1.00. The van der Waals surface area contributed by atoms with Gasteiger partial charge in [-0.2, -0.15) is 0 Å². The third-order valence-corrected chi connectivity index (χ3v) is 3.79. The van der Waals surface area contributed by atoms with Crippen LogP contribution in [0.2, 0.25) is 0 Å². The van der Waals surface area contributed by atoms with Gasteiger partial charge in [0.2, 0.25) is 0 Å². The van der Waals surface area contributed by atoms with E-state index in [0.29, 0.717) is 5.39 Å². The van der Waals surface area contributed by atoms with Crippen LogP contribution in [0.15, 0.2) is 29.6 Å². The number of aromatic nitrogens is 1. The van der Waals surface area contributed by atoms with Crippen molar-refractivity contribution in [2.45, 2.75) is 0 Å². The number of carbonyl (C=O) groups is 2. The molecule has 2 amide bonds. The zero-order valence-corrected chi connectivity index (χ0v) is 14.0. The molecule has 0 atom stereocenters. The first kappa shape index (κ1) is 14.5. The van der Waals surface area contributed by atoms with E-state index in [1.54, 1.807) is 6.07 Å². The number of hydrogen-bond acceptors (Lipinski definition) is 5. The van der Waals surface area contributed by atoms with Crippen LogP contribution in [0.4, 0.5) is 0 Å². The fourth-order valence-electron chi connectivity index (χ4n) is 1.65. The summed E-state index contributed by atoms with van der Waals surface area (Å²) < 4.78 is 1.14. The molecule has 0 aliphatic carbocycles. The van der Waals surface area contributed by atoms with E-state index in [0.717, 1.165) is 34.3 Å². The summed E-state index contributed by atoms with van der Waals surface area (Å²) in [5, 5.41) is 15.6. The van der Waals surface area contributed by atoms with E-state index < -0.39 is 18.4 Å². The molecule has 2 aromatic rings. The average molecular weight is 465 g/mol. The topological polar surface area (TPSA) is 109 Å². The van der Waals surface area contributed by atoms with E-state index in [4.69, 9.17) is 0 Å². The number of nitrogens with zero attached hydrogens (tertiary/aromatic N) is 2. The van der Waals surface area contributed by atoms with Gasteiger partial charge in [-0.1, -0.05) is 0 Å². The van der Waals surface area contributed by atoms with Gasteiger partial charge in [-0.05, 0) is 0 Å². The maximum absolute atomic E-state index is 11.8. The van der Waals surface area contributed by atoms with Gasteiger partial charge in [-0.15, -0.1) is 0 Å². The van der Waals surface area contributed by atoms with Crippen LogP contribution in [-0.2, 0) is 4.79 Å². The van der Waals surface area contributed by atoms with Gasteiger partial charge in [0.15, 0.2) is 0 Å². The Morgan fingerprint density at radius 1 is 1.40 bits per heavy atom. The average Bonchev–Trinajstić information content (AvgIpc) is 2.44. The molecule has 0 unspecified atom stereocenters. The Balaban J connectivity index is 2.33. The molecule has 20 heavy (non-hydrogen) atoms. The van der Waals surface area contributed by atoms with Gasteiger partial charge < -0.3 is 0 Å². The molecule has 0 aliphatic heterocycles. The molecule has 2 N–H and O–H groups in total. The van der Waals surface area contributed by atoms with Gasteiger partial charge in [0.05, 0.1) is 0 Å². The number of nitroso groups, excluding NO2 is 1. The van der Waals surface area contributed by atoms with Gasteiger partial charge in [0.1, 0.15) is 0 Å². The van der Waals surface area contributed by atoms with Crippen LogP contribution in [-0.4, -0.2) is 54.2 Å². The monoisotopic (exact) mass is 466 g/mol. The Kier molecular flexibility index (Phi) is 4.37. The van der Waals surface area contributed by atoms with Crippen molar-refractivity contribution in [3.8, 4) is 5.75 Å². The van der Waals surface area contributed by atoms with Gasteiger partial charge in [-0.25, -0.2) is 0 Å². The molecule has 1 aromatic heterocycles. The first-order valence-corrected chi connectivity index (χ1v) is 7.45. The number of carbonyl (C=O) groups excluding carboxylic acids is 2. The van der Waals surface area contributed by atoms with Crippen molar-refractivity contribution in [2.24, 2.45) is 5.18 Å². The standard InChI is InChI=1S/C12H8N3O4.Pb/c16-9(15-19)6-14-12(18)10-11(17)8-4-2-1-3-7(8)5-13-10;/h2-5,17H,6H2,(H,14,18);. The summed E-state index contributed by atoms with van der Waals surface area (Å²) in [5.41, 5.74) is -0.197. The SMILES string of the molecule is O=NC(=O)CNC(=O)c1ncc2c[c]([Pb])ccc2c1O. The summed E-state index contributed by atoms with van der Waals surface area (Å²) in [6.45, 7) is -0.527. The fourth-order valence-corrected chi connectivity index (χ4v) is 2.57.